The average molecular weight is 393 g/mol. The van der Waals surface area contributed by atoms with Crippen molar-refractivity contribution in [2.24, 2.45) is 7.05 Å². The number of para-hydroxylation sites is 2. The molecule has 4 rings (SSSR count). The first kappa shape index (κ1) is 18.5. The summed E-state index contributed by atoms with van der Waals surface area (Å²) in [6.45, 7) is 4.28. The van der Waals surface area contributed by atoms with Crippen molar-refractivity contribution in [2.45, 2.75) is 25.9 Å². The van der Waals surface area contributed by atoms with Crippen molar-refractivity contribution < 1.29 is 4.74 Å². The molecule has 3 heterocycles. The zero-order valence-electron chi connectivity index (χ0n) is 16.5. The van der Waals surface area contributed by atoms with E-state index in [2.05, 4.69) is 46.7 Å². The Morgan fingerprint density at radius 3 is 2.50 bits per heavy atom. The molecule has 28 heavy (non-hydrogen) atoms. The minimum atomic E-state index is -0.0564. The average Bonchev–Trinajstić information content (AvgIpc) is 3.19. The van der Waals surface area contributed by atoms with Crippen LogP contribution in [0.1, 0.15) is 34.7 Å². The van der Waals surface area contributed by atoms with Crippen molar-refractivity contribution in [1.82, 2.24) is 14.9 Å². The summed E-state index contributed by atoms with van der Waals surface area (Å²) in [7, 11) is 3.78. The van der Waals surface area contributed by atoms with Crippen LogP contribution in [0.3, 0.4) is 0 Å². The van der Waals surface area contributed by atoms with Gasteiger partial charge in [0.15, 0.2) is 5.11 Å². The lowest BCUT2D eigenvalue weighted by atomic mass is 9.96. The molecule has 2 aromatic heterocycles. The molecule has 1 saturated heterocycles. The smallest absolute Gasteiger partial charge is 0.174 e. The third-order valence-electron chi connectivity index (χ3n) is 5.58. The maximum absolute atomic E-state index is 5.79. The fourth-order valence-corrected chi connectivity index (χ4v) is 4.28. The standard InChI is InChI=1S/C22H24N4OS/c1-14-13-16(15(2)25(14)3)21-20(17-9-7-8-12-23-17)24-22(28)26(21)18-10-5-6-11-19(18)27-4/h5-13,20-21H,1-4H3,(H,24,28)/t20-,21-/m0/s1. The quantitative estimate of drug-likeness (QED) is 0.673. The second kappa shape index (κ2) is 7.28. The molecule has 0 unspecified atom stereocenters. The van der Waals surface area contributed by atoms with E-state index in [1.807, 2.05) is 48.7 Å². The van der Waals surface area contributed by atoms with Gasteiger partial charge in [-0.25, -0.2) is 0 Å². The Balaban J connectivity index is 1.91. The summed E-state index contributed by atoms with van der Waals surface area (Å²) in [5, 5.41) is 4.18. The van der Waals surface area contributed by atoms with Gasteiger partial charge in [0.05, 0.1) is 30.6 Å². The molecule has 1 aromatic carbocycles. The number of anilines is 1. The van der Waals surface area contributed by atoms with Crippen molar-refractivity contribution >= 4 is 23.0 Å². The predicted molar refractivity (Wildman–Crippen MR) is 116 cm³/mol. The van der Waals surface area contributed by atoms with E-state index >= 15 is 0 Å². The Bertz CT molecular complexity index is 1010. The summed E-state index contributed by atoms with van der Waals surface area (Å²) >= 11 is 5.79. The molecule has 1 fully saturated rings. The summed E-state index contributed by atoms with van der Waals surface area (Å²) in [6.07, 6.45) is 1.83. The fourth-order valence-electron chi connectivity index (χ4n) is 3.94. The molecular formula is C22H24N4OS. The number of hydrogen-bond donors (Lipinski definition) is 1. The predicted octanol–water partition coefficient (Wildman–Crippen LogP) is 4.22. The zero-order valence-corrected chi connectivity index (χ0v) is 17.3. The Kier molecular flexibility index (Phi) is 4.81. The minimum Gasteiger partial charge on any atom is -0.495 e. The van der Waals surface area contributed by atoms with E-state index in [4.69, 9.17) is 17.0 Å². The van der Waals surface area contributed by atoms with E-state index in [1.54, 1.807) is 7.11 Å². The highest BCUT2D eigenvalue weighted by atomic mass is 32.1. The highest BCUT2D eigenvalue weighted by molar-refractivity contribution is 7.80. The van der Waals surface area contributed by atoms with Gasteiger partial charge in [-0.1, -0.05) is 18.2 Å². The lowest BCUT2D eigenvalue weighted by molar-refractivity contribution is 0.414. The van der Waals surface area contributed by atoms with Crippen LogP contribution in [0.15, 0.2) is 54.7 Å². The van der Waals surface area contributed by atoms with Crippen molar-refractivity contribution in [2.75, 3.05) is 12.0 Å². The molecule has 1 aliphatic heterocycles. The molecule has 1 aliphatic rings. The van der Waals surface area contributed by atoms with Crippen LogP contribution in [0.4, 0.5) is 5.69 Å². The van der Waals surface area contributed by atoms with E-state index in [1.165, 1.54) is 17.0 Å². The largest absolute Gasteiger partial charge is 0.495 e. The number of aromatic nitrogens is 2. The van der Waals surface area contributed by atoms with Gasteiger partial charge in [0.25, 0.3) is 0 Å². The first-order chi connectivity index (χ1) is 13.5. The molecule has 5 nitrogen and oxygen atoms in total. The molecule has 0 bridgehead atoms. The molecular weight excluding hydrogens is 368 g/mol. The molecule has 144 valence electrons. The second-order valence-corrected chi connectivity index (χ2v) is 7.44. The molecule has 0 aliphatic carbocycles. The van der Waals surface area contributed by atoms with Crippen LogP contribution in [0.5, 0.6) is 5.75 Å². The SMILES string of the molecule is COc1ccccc1N1C(=S)N[C@@H](c2ccccn2)[C@@H]1c1cc(C)n(C)c1C. The monoisotopic (exact) mass is 392 g/mol. The number of ether oxygens (including phenoxy) is 1. The van der Waals surface area contributed by atoms with E-state index in [-0.39, 0.29) is 12.1 Å². The number of nitrogens with one attached hydrogen (secondary N) is 1. The van der Waals surface area contributed by atoms with Crippen molar-refractivity contribution in [3.63, 3.8) is 0 Å². The number of rotatable bonds is 4. The van der Waals surface area contributed by atoms with Gasteiger partial charge in [-0.3, -0.25) is 4.98 Å². The van der Waals surface area contributed by atoms with E-state index < -0.39 is 0 Å². The summed E-state index contributed by atoms with van der Waals surface area (Å²) in [5.41, 5.74) is 5.58. The van der Waals surface area contributed by atoms with Crippen LogP contribution < -0.4 is 15.0 Å². The molecule has 0 radical (unpaired) electrons. The van der Waals surface area contributed by atoms with Crippen LogP contribution >= 0.6 is 12.2 Å². The van der Waals surface area contributed by atoms with E-state index in [0.717, 1.165) is 17.1 Å². The second-order valence-electron chi connectivity index (χ2n) is 7.05. The topological polar surface area (TPSA) is 42.3 Å². The van der Waals surface area contributed by atoms with Gasteiger partial charge in [0, 0.05) is 24.6 Å². The highest BCUT2D eigenvalue weighted by Crippen LogP contribution is 2.45. The maximum atomic E-state index is 5.79. The van der Waals surface area contributed by atoms with Gasteiger partial charge < -0.3 is 19.5 Å². The molecule has 1 N–H and O–H groups in total. The van der Waals surface area contributed by atoms with E-state index in [0.29, 0.717) is 5.11 Å². The van der Waals surface area contributed by atoms with Gasteiger partial charge >= 0.3 is 0 Å². The highest BCUT2D eigenvalue weighted by Gasteiger charge is 2.42. The minimum absolute atomic E-state index is 0.0291. The number of nitrogens with zero attached hydrogens (tertiary/aromatic N) is 3. The molecule has 2 atom stereocenters. The third-order valence-corrected chi connectivity index (χ3v) is 5.89. The summed E-state index contributed by atoms with van der Waals surface area (Å²) in [4.78, 5) is 6.78. The number of hydrogen-bond acceptors (Lipinski definition) is 3. The normalized spacial score (nSPS) is 19.0. The number of benzene rings is 1. The van der Waals surface area contributed by atoms with Gasteiger partial charge in [-0.15, -0.1) is 0 Å². The lowest BCUT2D eigenvalue weighted by Gasteiger charge is -2.29. The van der Waals surface area contributed by atoms with Crippen LogP contribution in [-0.4, -0.2) is 21.8 Å². The van der Waals surface area contributed by atoms with Gasteiger partial charge in [0.1, 0.15) is 5.75 Å². The first-order valence-corrected chi connectivity index (χ1v) is 9.70. The number of thiocarbonyl (C=S) groups is 1. The summed E-state index contributed by atoms with van der Waals surface area (Å²) in [5.74, 6) is 0.795. The lowest BCUT2D eigenvalue weighted by Crippen LogP contribution is -2.30. The number of aryl methyl sites for hydroxylation is 1. The molecule has 3 aromatic rings. The van der Waals surface area contributed by atoms with Gasteiger partial charge in [-0.05, 0) is 62.0 Å². The Hall–Kier alpha value is -2.86. The Morgan fingerprint density at radius 1 is 1.11 bits per heavy atom. The van der Waals surface area contributed by atoms with Crippen LogP contribution in [0, 0.1) is 13.8 Å². The summed E-state index contributed by atoms with van der Waals surface area (Å²) < 4.78 is 7.86. The first-order valence-electron chi connectivity index (χ1n) is 9.29. The number of methoxy groups -OCH3 is 1. The van der Waals surface area contributed by atoms with Crippen molar-refractivity contribution in [1.29, 1.82) is 0 Å². The molecule has 6 heteroatoms. The third kappa shape index (κ3) is 2.94. The summed E-state index contributed by atoms with van der Waals surface area (Å²) in [6, 6.07) is 16.1. The van der Waals surface area contributed by atoms with Gasteiger partial charge in [0.2, 0.25) is 0 Å². The zero-order chi connectivity index (χ0) is 19.8. The van der Waals surface area contributed by atoms with Crippen molar-refractivity contribution in [3.8, 4) is 5.75 Å². The van der Waals surface area contributed by atoms with Crippen LogP contribution in [-0.2, 0) is 7.05 Å². The van der Waals surface area contributed by atoms with Gasteiger partial charge in [-0.2, -0.15) is 0 Å². The maximum Gasteiger partial charge on any atom is 0.174 e. The Labute approximate surface area is 171 Å². The Morgan fingerprint density at radius 2 is 1.86 bits per heavy atom. The van der Waals surface area contributed by atoms with Crippen LogP contribution in [0.2, 0.25) is 0 Å². The van der Waals surface area contributed by atoms with Crippen molar-refractivity contribution in [3.05, 3.63) is 77.4 Å². The molecule has 0 spiro atoms. The number of pyridine rings is 1. The fraction of sp³-hybridized carbons (Fsp3) is 0.273. The molecule has 0 saturated carbocycles. The van der Waals surface area contributed by atoms with E-state index in [9.17, 15) is 0 Å². The van der Waals surface area contributed by atoms with Crippen LogP contribution in [0.25, 0.3) is 0 Å². The molecule has 0 amide bonds.